The highest BCUT2D eigenvalue weighted by atomic mass is 16.5. The lowest BCUT2D eigenvalue weighted by Crippen LogP contribution is -2.36. The van der Waals surface area contributed by atoms with E-state index in [1.165, 1.54) is 5.56 Å². The monoisotopic (exact) mass is 378 g/mol. The molecule has 0 spiro atoms. The molecule has 0 aliphatic carbocycles. The number of carbonyl (C=O) groups is 2. The Labute approximate surface area is 165 Å². The van der Waals surface area contributed by atoms with E-state index in [9.17, 15) is 9.59 Å². The fraction of sp³-hybridized carbons (Fsp3) is 0.391. The van der Waals surface area contributed by atoms with E-state index in [1.54, 1.807) is 18.9 Å². The summed E-state index contributed by atoms with van der Waals surface area (Å²) in [6.07, 6.45) is 3.70. The Balaban J connectivity index is 1.51. The fourth-order valence-corrected chi connectivity index (χ4v) is 4.41. The molecule has 1 fully saturated rings. The van der Waals surface area contributed by atoms with Gasteiger partial charge in [0.1, 0.15) is 5.75 Å². The van der Waals surface area contributed by atoms with E-state index < -0.39 is 0 Å². The van der Waals surface area contributed by atoms with Crippen molar-refractivity contribution in [1.29, 1.82) is 0 Å². The molecule has 2 amide bonds. The second kappa shape index (κ2) is 7.66. The Morgan fingerprint density at radius 3 is 2.79 bits per heavy atom. The smallest absolute Gasteiger partial charge is 0.254 e. The van der Waals surface area contributed by atoms with Gasteiger partial charge in [-0.05, 0) is 67.1 Å². The van der Waals surface area contributed by atoms with E-state index in [4.69, 9.17) is 4.74 Å². The first-order valence-corrected chi connectivity index (χ1v) is 9.92. The highest BCUT2D eigenvalue weighted by Crippen LogP contribution is 2.31. The molecule has 2 aromatic carbocycles. The first kappa shape index (κ1) is 18.5. The number of likely N-dealkylation sites (tertiary alicyclic amines) is 1. The van der Waals surface area contributed by atoms with E-state index in [-0.39, 0.29) is 17.9 Å². The van der Waals surface area contributed by atoms with Crippen molar-refractivity contribution in [1.82, 2.24) is 4.90 Å². The highest BCUT2D eigenvalue weighted by Gasteiger charge is 2.31. The number of rotatable bonds is 4. The lowest BCUT2D eigenvalue weighted by Gasteiger charge is -2.25. The van der Waals surface area contributed by atoms with Crippen LogP contribution >= 0.6 is 0 Å². The summed E-state index contributed by atoms with van der Waals surface area (Å²) in [6, 6.07) is 14.0. The zero-order chi connectivity index (χ0) is 19.7. The second-order valence-corrected chi connectivity index (χ2v) is 7.61. The highest BCUT2D eigenvalue weighted by molar-refractivity contribution is 5.98. The Hall–Kier alpha value is -2.82. The van der Waals surface area contributed by atoms with Gasteiger partial charge in [0.2, 0.25) is 5.91 Å². The van der Waals surface area contributed by atoms with E-state index >= 15 is 0 Å². The zero-order valence-electron chi connectivity index (χ0n) is 16.5. The molecule has 0 aromatic heterocycles. The van der Waals surface area contributed by atoms with Gasteiger partial charge in [0.25, 0.3) is 5.91 Å². The maximum Gasteiger partial charge on any atom is 0.254 e. The largest absolute Gasteiger partial charge is 0.497 e. The molecule has 0 bridgehead atoms. The number of hydrogen-bond acceptors (Lipinski definition) is 3. The van der Waals surface area contributed by atoms with Crippen LogP contribution in [0.1, 0.15) is 41.3 Å². The Kier molecular flexibility index (Phi) is 5.07. The summed E-state index contributed by atoms with van der Waals surface area (Å²) in [5, 5.41) is 0. The van der Waals surface area contributed by atoms with Crippen molar-refractivity contribution in [2.75, 3.05) is 25.1 Å². The Morgan fingerprint density at radius 1 is 1.14 bits per heavy atom. The minimum absolute atomic E-state index is 0.0516. The van der Waals surface area contributed by atoms with Gasteiger partial charge in [-0.3, -0.25) is 9.59 Å². The Morgan fingerprint density at radius 2 is 2.00 bits per heavy atom. The van der Waals surface area contributed by atoms with E-state index in [0.717, 1.165) is 54.8 Å². The molecule has 0 N–H and O–H groups in total. The molecule has 146 valence electrons. The van der Waals surface area contributed by atoms with Gasteiger partial charge in [0.15, 0.2) is 0 Å². The van der Waals surface area contributed by atoms with E-state index in [1.807, 2.05) is 41.3 Å². The number of nitrogens with zero attached hydrogens (tertiary/aromatic N) is 2. The van der Waals surface area contributed by atoms with Gasteiger partial charge in [-0.15, -0.1) is 0 Å². The Bertz CT molecular complexity index is 908. The molecule has 2 aliphatic rings. The molecule has 2 heterocycles. The van der Waals surface area contributed by atoms with Crippen LogP contribution in [0.2, 0.25) is 0 Å². The maximum absolute atomic E-state index is 13.2. The third kappa shape index (κ3) is 3.49. The summed E-state index contributed by atoms with van der Waals surface area (Å²) in [4.78, 5) is 28.7. The molecule has 4 rings (SSSR count). The van der Waals surface area contributed by atoms with Gasteiger partial charge in [0.05, 0.1) is 7.11 Å². The van der Waals surface area contributed by atoms with Crippen LogP contribution in [0, 0.1) is 0 Å². The molecule has 1 unspecified atom stereocenters. The molecule has 5 heteroatoms. The summed E-state index contributed by atoms with van der Waals surface area (Å²) >= 11 is 0. The van der Waals surface area contributed by atoms with Crippen molar-refractivity contribution >= 4 is 17.5 Å². The minimum atomic E-state index is 0.0516. The number of benzene rings is 2. The molecule has 2 aromatic rings. The number of fused-ring (bicyclic) bond motifs is 1. The first-order valence-electron chi connectivity index (χ1n) is 9.92. The molecule has 28 heavy (non-hydrogen) atoms. The predicted octanol–water partition coefficient (Wildman–Crippen LogP) is 3.45. The molecule has 2 aliphatic heterocycles. The molecule has 1 atom stereocenters. The number of anilines is 1. The van der Waals surface area contributed by atoms with Crippen LogP contribution in [0.25, 0.3) is 0 Å². The SMILES string of the molecule is COc1cccc(CC2CCCN2C(=O)c2ccc3c(c2)CCN3C(C)=O)c1. The van der Waals surface area contributed by atoms with Crippen LogP contribution in [0.4, 0.5) is 5.69 Å². The van der Waals surface area contributed by atoms with Crippen LogP contribution in [0.5, 0.6) is 5.75 Å². The van der Waals surface area contributed by atoms with Crippen LogP contribution in [0.15, 0.2) is 42.5 Å². The standard InChI is InChI=1S/C23H26N2O3/c1-16(26)24-12-10-18-15-19(8-9-22(18)24)23(27)25-11-4-6-20(25)13-17-5-3-7-21(14-17)28-2/h3,5,7-9,14-15,20H,4,6,10-13H2,1-2H3. The molecular formula is C23H26N2O3. The lowest BCUT2D eigenvalue weighted by molar-refractivity contribution is -0.116. The molecule has 0 saturated carbocycles. The normalized spacial score (nSPS) is 18.3. The van der Waals surface area contributed by atoms with Crippen molar-refractivity contribution < 1.29 is 14.3 Å². The first-order chi connectivity index (χ1) is 13.6. The average molecular weight is 378 g/mol. The topological polar surface area (TPSA) is 49.9 Å². The van der Waals surface area contributed by atoms with Gasteiger partial charge in [-0.2, -0.15) is 0 Å². The van der Waals surface area contributed by atoms with Crippen LogP contribution in [0.3, 0.4) is 0 Å². The quantitative estimate of drug-likeness (QED) is 0.819. The second-order valence-electron chi connectivity index (χ2n) is 7.61. The van der Waals surface area contributed by atoms with Crippen molar-refractivity contribution in [3.05, 3.63) is 59.2 Å². The minimum Gasteiger partial charge on any atom is -0.497 e. The summed E-state index contributed by atoms with van der Waals surface area (Å²) in [6.45, 7) is 3.08. The summed E-state index contributed by atoms with van der Waals surface area (Å²) in [5.41, 5.74) is 3.94. The van der Waals surface area contributed by atoms with Gasteiger partial charge >= 0.3 is 0 Å². The maximum atomic E-state index is 13.2. The molecule has 5 nitrogen and oxygen atoms in total. The third-order valence-electron chi connectivity index (χ3n) is 5.85. The average Bonchev–Trinajstić information content (AvgIpc) is 3.33. The van der Waals surface area contributed by atoms with Gasteiger partial charge < -0.3 is 14.5 Å². The van der Waals surface area contributed by atoms with Crippen LogP contribution in [-0.4, -0.2) is 43.0 Å². The van der Waals surface area contributed by atoms with Gasteiger partial charge in [0, 0.05) is 37.3 Å². The van der Waals surface area contributed by atoms with Crippen molar-refractivity contribution in [2.45, 2.75) is 38.6 Å². The number of hydrogen-bond donors (Lipinski definition) is 0. The van der Waals surface area contributed by atoms with Crippen LogP contribution < -0.4 is 9.64 Å². The summed E-state index contributed by atoms with van der Waals surface area (Å²) in [7, 11) is 1.67. The molecular weight excluding hydrogens is 352 g/mol. The van der Waals surface area contributed by atoms with Crippen LogP contribution in [-0.2, 0) is 17.6 Å². The zero-order valence-corrected chi connectivity index (χ0v) is 16.5. The summed E-state index contributed by atoms with van der Waals surface area (Å²) in [5.74, 6) is 0.993. The predicted molar refractivity (Wildman–Crippen MR) is 109 cm³/mol. The third-order valence-corrected chi connectivity index (χ3v) is 5.85. The van der Waals surface area contributed by atoms with Crippen molar-refractivity contribution in [3.63, 3.8) is 0 Å². The number of carbonyl (C=O) groups excluding carboxylic acids is 2. The van der Waals surface area contributed by atoms with Gasteiger partial charge in [-0.25, -0.2) is 0 Å². The number of amides is 2. The number of ether oxygens (including phenoxy) is 1. The summed E-state index contributed by atoms with van der Waals surface area (Å²) < 4.78 is 5.32. The van der Waals surface area contributed by atoms with Gasteiger partial charge in [-0.1, -0.05) is 12.1 Å². The van der Waals surface area contributed by atoms with Crippen molar-refractivity contribution in [3.8, 4) is 5.75 Å². The van der Waals surface area contributed by atoms with E-state index in [2.05, 4.69) is 6.07 Å². The van der Waals surface area contributed by atoms with E-state index in [0.29, 0.717) is 6.54 Å². The molecule has 0 radical (unpaired) electrons. The number of methoxy groups -OCH3 is 1. The fourth-order valence-electron chi connectivity index (χ4n) is 4.41. The molecule has 1 saturated heterocycles. The van der Waals surface area contributed by atoms with Crippen molar-refractivity contribution in [2.24, 2.45) is 0 Å². The lowest BCUT2D eigenvalue weighted by atomic mass is 10.0.